The Morgan fingerprint density at radius 2 is 1.15 bits per heavy atom. The van der Waals surface area contributed by atoms with Crippen LogP contribution in [0.1, 0.15) is 14.9 Å². The van der Waals surface area contributed by atoms with Crippen LogP contribution in [0.25, 0.3) is 0 Å². The Labute approximate surface area is 79.7 Å². The Bertz CT molecular complexity index is 36.0. The molecule has 1 fully saturated rings. The van der Waals surface area contributed by atoms with Crippen molar-refractivity contribution in [3.05, 3.63) is 0 Å². The molecule has 1 rings (SSSR count). The highest BCUT2D eigenvalue weighted by atomic mass is 16.8. The molecule has 0 saturated carbocycles. The topological polar surface area (TPSA) is 96.2 Å². The molecule has 1 aliphatic heterocycles. The Hall–Kier alpha value is -0.530. The van der Waals surface area contributed by atoms with E-state index in [1.807, 2.05) is 6.79 Å². The van der Waals surface area contributed by atoms with Crippen molar-refractivity contribution in [1.29, 1.82) is 0 Å². The predicted molar refractivity (Wildman–Crippen MR) is 49.9 cm³/mol. The fraction of sp³-hybridized carbons (Fsp3) is 0.857. The lowest BCUT2D eigenvalue weighted by Gasteiger charge is -2.10. The average Bonchev–Trinajstić information content (AvgIpc) is 1.93. The van der Waals surface area contributed by atoms with Crippen LogP contribution in [0.3, 0.4) is 0 Å². The molecule has 86 valence electrons. The van der Waals surface area contributed by atoms with Crippen LogP contribution in [0, 0.1) is 0 Å². The minimum atomic E-state index is -0.750. The van der Waals surface area contributed by atoms with Gasteiger partial charge in [0.25, 0.3) is 0 Å². The molecular formula is C7H22O6. The van der Waals surface area contributed by atoms with Crippen molar-refractivity contribution in [2.75, 3.05) is 27.5 Å². The van der Waals surface area contributed by atoms with Gasteiger partial charge < -0.3 is 29.6 Å². The van der Waals surface area contributed by atoms with Crippen molar-refractivity contribution in [3.63, 3.8) is 0 Å². The summed E-state index contributed by atoms with van der Waals surface area (Å²) in [6.07, 6.45) is 0. The van der Waals surface area contributed by atoms with Crippen LogP contribution in [0.15, 0.2) is 0 Å². The van der Waals surface area contributed by atoms with Crippen molar-refractivity contribution in [1.82, 2.24) is 0 Å². The van der Waals surface area contributed by atoms with Crippen LogP contribution in [-0.4, -0.2) is 49.6 Å². The summed E-state index contributed by atoms with van der Waals surface area (Å²) in [5.41, 5.74) is 0. The van der Waals surface area contributed by atoms with Crippen LogP contribution < -0.4 is 0 Å². The van der Waals surface area contributed by atoms with Gasteiger partial charge in [-0.05, 0) is 0 Å². The maximum absolute atomic E-state index is 8.00. The summed E-state index contributed by atoms with van der Waals surface area (Å²) in [7, 11) is 1.00. The first-order valence-corrected chi connectivity index (χ1v) is 2.52. The molecule has 0 aromatic carbocycles. The maximum Gasteiger partial charge on any atom is 0.152 e. The SMILES string of the molecule is C.C.C1OCO1.C=O.CO.OCO. The normalized spacial score (nSPS) is 9.54. The van der Waals surface area contributed by atoms with Crippen LogP contribution in [-0.2, 0) is 14.3 Å². The van der Waals surface area contributed by atoms with E-state index in [1.165, 1.54) is 0 Å². The van der Waals surface area contributed by atoms with Gasteiger partial charge in [-0.2, -0.15) is 0 Å². The van der Waals surface area contributed by atoms with Crippen LogP contribution in [0.2, 0.25) is 0 Å². The molecule has 0 atom stereocenters. The van der Waals surface area contributed by atoms with Crippen molar-refractivity contribution in [3.8, 4) is 0 Å². The molecule has 3 N–H and O–H groups in total. The van der Waals surface area contributed by atoms with E-state index in [4.69, 9.17) is 20.1 Å². The summed E-state index contributed by atoms with van der Waals surface area (Å²) in [5, 5.41) is 21.2. The summed E-state index contributed by atoms with van der Waals surface area (Å²) < 4.78 is 9.00. The lowest BCUT2D eigenvalue weighted by atomic mass is 11.2. The van der Waals surface area contributed by atoms with E-state index >= 15 is 0 Å². The van der Waals surface area contributed by atoms with E-state index in [2.05, 4.69) is 9.47 Å². The molecule has 1 heterocycles. The van der Waals surface area contributed by atoms with Crippen LogP contribution in [0.4, 0.5) is 0 Å². The van der Waals surface area contributed by atoms with Gasteiger partial charge in [0.2, 0.25) is 0 Å². The highest BCUT2D eigenvalue weighted by Gasteiger charge is 1.93. The zero-order valence-corrected chi connectivity index (χ0v) is 6.39. The molecule has 13 heavy (non-hydrogen) atoms. The molecule has 0 bridgehead atoms. The van der Waals surface area contributed by atoms with E-state index in [9.17, 15) is 0 Å². The number of ether oxygens (including phenoxy) is 2. The molecule has 1 aliphatic rings. The van der Waals surface area contributed by atoms with Gasteiger partial charge in [-0.25, -0.2) is 0 Å². The van der Waals surface area contributed by atoms with E-state index in [1.54, 1.807) is 0 Å². The maximum atomic E-state index is 8.00. The molecule has 0 aromatic heterocycles. The van der Waals surface area contributed by atoms with Crippen molar-refractivity contribution in [2.24, 2.45) is 0 Å². The Balaban J connectivity index is -0.0000000220. The summed E-state index contributed by atoms with van der Waals surface area (Å²) >= 11 is 0. The summed E-state index contributed by atoms with van der Waals surface area (Å²) in [4.78, 5) is 8.00. The lowest BCUT2D eigenvalue weighted by Crippen LogP contribution is -2.14. The second kappa shape index (κ2) is 62.9. The molecule has 1 saturated heterocycles. The molecule has 0 unspecified atom stereocenters. The minimum absolute atomic E-state index is 0. The fourth-order valence-electron chi connectivity index (χ4n) is 0.0833. The number of hydrogen-bond donors (Lipinski definition) is 3. The molecular weight excluding hydrogens is 180 g/mol. The van der Waals surface area contributed by atoms with Crippen LogP contribution in [0.5, 0.6) is 0 Å². The standard InChI is InChI=1S/C2H4O2.CH4O2.CH4O.CH2O.2CH4/c1-3-2-4-1;2-1-3;2*1-2;;/h1-2H2;2-3H,1H2;2H,1H3;1H2;2*1H4. The van der Waals surface area contributed by atoms with Gasteiger partial charge in [0.15, 0.2) is 13.6 Å². The third-order valence-corrected chi connectivity index (χ3v) is 0.333. The lowest BCUT2D eigenvalue weighted by molar-refractivity contribution is -0.247. The molecule has 0 aromatic rings. The first-order valence-electron chi connectivity index (χ1n) is 2.52. The quantitative estimate of drug-likeness (QED) is 0.461. The van der Waals surface area contributed by atoms with Gasteiger partial charge in [0.05, 0.1) is 0 Å². The number of carbonyl (C=O) groups excluding carboxylic acids is 1. The first-order chi connectivity index (χ1) is 5.41. The number of aliphatic hydroxyl groups is 3. The van der Waals surface area contributed by atoms with E-state index in [0.717, 1.165) is 7.11 Å². The van der Waals surface area contributed by atoms with Crippen molar-refractivity contribution in [2.45, 2.75) is 14.9 Å². The Morgan fingerprint density at radius 3 is 1.15 bits per heavy atom. The van der Waals surface area contributed by atoms with Gasteiger partial charge in [-0.1, -0.05) is 14.9 Å². The summed E-state index contributed by atoms with van der Waals surface area (Å²) in [6, 6.07) is 0. The highest BCUT2D eigenvalue weighted by Crippen LogP contribution is 1.87. The number of aliphatic hydroxyl groups excluding tert-OH is 2. The highest BCUT2D eigenvalue weighted by molar-refractivity contribution is 5.10. The summed E-state index contributed by atoms with van der Waals surface area (Å²) in [5.74, 6) is 0. The monoisotopic (exact) mass is 202 g/mol. The smallest absolute Gasteiger partial charge is 0.152 e. The second-order valence-corrected chi connectivity index (χ2v) is 0.785. The molecule has 0 radical (unpaired) electrons. The zero-order chi connectivity index (χ0) is 9.54. The van der Waals surface area contributed by atoms with Gasteiger partial charge in [-0.15, -0.1) is 0 Å². The van der Waals surface area contributed by atoms with Gasteiger partial charge >= 0.3 is 0 Å². The van der Waals surface area contributed by atoms with Gasteiger partial charge in [-0.3, -0.25) is 0 Å². The first kappa shape index (κ1) is 29.4. The Kier molecular flexibility index (Phi) is 142. The number of hydrogen-bond acceptors (Lipinski definition) is 6. The van der Waals surface area contributed by atoms with E-state index in [-0.39, 0.29) is 14.9 Å². The molecule has 0 spiro atoms. The van der Waals surface area contributed by atoms with E-state index in [0.29, 0.717) is 13.6 Å². The number of rotatable bonds is 0. The molecule has 6 heteroatoms. The van der Waals surface area contributed by atoms with Gasteiger partial charge in [0, 0.05) is 7.11 Å². The molecule has 6 nitrogen and oxygen atoms in total. The van der Waals surface area contributed by atoms with Gasteiger partial charge in [0.1, 0.15) is 13.6 Å². The molecule has 0 amide bonds. The fourth-order valence-corrected chi connectivity index (χ4v) is 0.0833. The molecule has 0 aliphatic carbocycles. The number of carbonyl (C=O) groups is 1. The third-order valence-electron chi connectivity index (χ3n) is 0.333. The largest absolute Gasteiger partial charge is 0.400 e. The Morgan fingerprint density at radius 1 is 1.08 bits per heavy atom. The van der Waals surface area contributed by atoms with Crippen molar-refractivity contribution < 1.29 is 29.6 Å². The summed E-state index contributed by atoms with van der Waals surface area (Å²) in [6.45, 7) is 2.25. The third kappa shape index (κ3) is 85.4. The predicted octanol–water partition coefficient (Wildman–Crippen LogP) is -0.427. The zero-order valence-electron chi connectivity index (χ0n) is 6.39. The average molecular weight is 202 g/mol. The minimum Gasteiger partial charge on any atom is -0.400 e. The van der Waals surface area contributed by atoms with E-state index < -0.39 is 6.79 Å². The second-order valence-electron chi connectivity index (χ2n) is 0.785. The van der Waals surface area contributed by atoms with Crippen molar-refractivity contribution >= 4 is 6.79 Å². The van der Waals surface area contributed by atoms with Crippen LogP contribution >= 0.6 is 0 Å².